The summed E-state index contributed by atoms with van der Waals surface area (Å²) in [6.45, 7) is 7.37. The van der Waals surface area contributed by atoms with Crippen LogP contribution in [0.2, 0.25) is 0 Å². The van der Waals surface area contributed by atoms with Gasteiger partial charge in [0.05, 0.1) is 39.0 Å². The summed E-state index contributed by atoms with van der Waals surface area (Å²) in [7, 11) is 0. The van der Waals surface area contributed by atoms with Crippen molar-refractivity contribution in [3.63, 3.8) is 0 Å². The van der Waals surface area contributed by atoms with E-state index in [9.17, 15) is 5.11 Å². The van der Waals surface area contributed by atoms with E-state index in [0.717, 1.165) is 32.7 Å². The molecule has 1 aliphatic heterocycles. The first-order chi connectivity index (χ1) is 14.2. The van der Waals surface area contributed by atoms with Crippen molar-refractivity contribution in [1.82, 2.24) is 5.01 Å². The molecule has 0 radical (unpaired) electrons. The molecule has 1 heterocycles. The first kappa shape index (κ1) is 19.3. The number of hydrogen-bond donors (Lipinski definition) is 2. The van der Waals surface area contributed by atoms with Gasteiger partial charge in [-0.05, 0) is 29.8 Å². The Morgan fingerprint density at radius 1 is 1.03 bits per heavy atom. The lowest BCUT2D eigenvalue weighted by atomic mass is 10.0. The van der Waals surface area contributed by atoms with Gasteiger partial charge in [0.15, 0.2) is 11.5 Å². The zero-order chi connectivity index (χ0) is 20.1. The van der Waals surface area contributed by atoms with Gasteiger partial charge in [-0.25, -0.2) is 0 Å². The van der Waals surface area contributed by atoms with Crippen LogP contribution in [0, 0.1) is 0 Å². The zero-order valence-electron chi connectivity index (χ0n) is 16.8. The van der Waals surface area contributed by atoms with E-state index >= 15 is 0 Å². The Kier molecular flexibility index (Phi) is 5.96. The standard InChI is InChI=1S/C24H27N3O2/c1-2-29-23-12-6-9-20(24(23)28)17-25-27-15-13-26(14-16-27)18-21-10-5-8-19-7-3-4-11-22(19)21/h3-12,17,28H,2,13-16,18H2,1H3/p+1. The second-order valence-electron chi connectivity index (χ2n) is 7.39. The molecule has 5 heteroatoms. The second kappa shape index (κ2) is 8.97. The number of quaternary nitrogens is 1. The molecular formula is C24H28N3O2+. The van der Waals surface area contributed by atoms with Gasteiger partial charge in [0.25, 0.3) is 0 Å². The third kappa shape index (κ3) is 4.51. The van der Waals surface area contributed by atoms with Gasteiger partial charge >= 0.3 is 0 Å². The molecule has 29 heavy (non-hydrogen) atoms. The summed E-state index contributed by atoms with van der Waals surface area (Å²) >= 11 is 0. The van der Waals surface area contributed by atoms with Crippen LogP contribution in [0.3, 0.4) is 0 Å². The van der Waals surface area contributed by atoms with Crippen molar-refractivity contribution in [2.75, 3.05) is 32.8 Å². The highest BCUT2D eigenvalue weighted by molar-refractivity contribution is 5.85. The van der Waals surface area contributed by atoms with Crippen LogP contribution in [0.1, 0.15) is 18.1 Å². The molecule has 3 aromatic carbocycles. The summed E-state index contributed by atoms with van der Waals surface area (Å²) in [4.78, 5) is 1.58. The molecule has 5 nitrogen and oxygen atoms in total. The number of hydrazone groups is 1. The van der Waals surface area contributed by atoms with Crippen LogP contribution in [0.5, 0.6) is 11.5 Å². The van der Waals surface area contributed by atoms with Gasteiger partial charge < -0.3 is 14.7 Å². The number of phenols is 1. The maximum Gasteiger partial charge on any atom is 0.166 e. The monoisotopic (exact) mass is 390 g/mol. The van der Waals surface area contributed by atoms with Crippen molar-refractivity contribution < 1.29 is 14.7 Å². The third-order valence-corrected chi connectivity index (χ3v) is 5.46. The second-order valence-corrected chi connectivity index (χ2v) is 7.39. The third-order valence-electron chi connectivity index (χ3n) is 5.46. The van der Waals surface area contributed by atoms with E-state index in [-0.39, 0.29) is 5.75 Å². The highest BCUT2D eigenvalue weighted by atomic mass is 16.5. The molecule has 0 aromatic heterocycles. The topological polar surface area (TPSA) is 49.5 Å². The summed E-state index contributed by atoms with van der Waals surface area (Å²) in [6, 6.07) is 20.7. The summed E-state index contributed by atoms with van der Waals surface area (Å²) in [6.07, 6.45) is 1.73. The predicted molar refractivity (Wildman–Crippen MR) is 117 cm³/mol. The lowest BCUT2D eigenvalue weighted by Crippen LogP contribution is -3.13. The first-order valence-electron chi connectivity index (χ1n) is 10.3. The maximum atomic E-state index is 10.3. The molecule has 0 unspecified atom stereocenters. The quantitative estimate of drug-likeness (QED) is 0.637. The molecule has 1 saturated heterocycles. The van der Waals surface area contributed by atoms with Crippen molar-refractivity contribution in [3.8, 4) is 11.5 Å². The Hall–Kier alpha value is -3.05. The van der Waals surface area contributed by atoms with Crippen LogP contribution in [0.25, 0.3) is 10.8 Å². The zero-order valence-corrected chi connectivity index (χ0v) is 16.8. The van der Waals surface area contributed by atoms with E-state index in [0.29, 0.717) is 17.9 Å². The minimum Gasteiger partial charge on any atom is -0.504 e. The molecule has 4 rings (SSSR count). The number of rotatable bonds is 6. The Labute approximate surface area is 171 Å². The molecule has 0 saturated carbocycles. The van der Waals surface area contributed by atoms with Crippen molar-refractivity contribution in [2.24, 2.45) is 5.10 Å². The number of ether oxygens (including phenoxy) is 1. The summed E-state index contributed by atoms with van der Waals surface area (Å²) < 4.78 is 5.44. The Balaban J connectivity index is 1.36. The SMILES string of the molecule is CCOc1cccc(C=NN2CC[NH+](Cc3cccc4ccccc34)CC2)c1O. The fraction of sp³-hybridized carbons (Fsp3) is 0.292. The molecule has 3 aromatic rings. The molecule has 0 bridgehead atoms. The minimum atomic E-state index is 0.151. The Morgan fingerprint density at radius 2 is 1.79 bits per heavy atom. The molecule has 1 fully saturated rings. The molecular weight excluding hydrogens is 362 g/mol. The number of nitrogens with one attached hydrogen (secondary N) is 1. The van der Waals surface area contributed by atoms with Crippen LogP contribution in [-0.2, 0) is 6.54 Å². The smallest absolute Gasteiger partial charge is 0.166 e. The van der Waals surface area contributed by atoms with Crippen molar-refractivity contribution in [3.05, 3.63) is 71.8 Å². The predicted octanol–water partition coefficient (Wildman–Crippen LogP) is 2.68. The van der Waals surface area contributed by atoms with Crippen LogP contribution in [0.15, 0.2) is 65.8 Å². The maximum absolute atomic E-state index is 10.3. The van der Waals surface area contributed by atoms with Gasteiger partial charge in [0.2, 0.25) is 0 Å². The molecule has 150 valence electrons. The molecule has 0 spiro atoms. The Bertz CT molecular complexity index is 989. The van der Waals surface area contributed by atoms with Gasteiger partial charge in [0.1, 0.15) is 6.54 Å². The Morgan fingerprint density at radius 3 is 2.62 bits per heavy atom. The number of nitrogens with zero attached hydrogens (tertiary/aromatic N) is 2. The minimum absolute atomic E-state index is 0.151. The van der Waals surface area contributed by atoms with E-state index in [2.05, 4.69) is 52.6 Å². The van der Waals surface area contributed by atoms with Gasteiger partial charge in [-0.1, -0.05) is 48.5 Å². The largest absolute Gasteiger partial charge is 0.504 e. The first-order valence-corrected chi connectivity index (χ1v) is 10.3. The van der Waals surface area contributed by atoms with Crippen LogP contribution >= 0.6 is 0 Å². The number of fused-ring (bicyclic) bond motifs is 1. The highest BCUT2D eigenvalue weighted by Crippen LogP contribution is 2.28. The molecule has 1 aliphatic rings. The van der Waals surface area contributed by atoms with E-state index < -0.39 is 0 Å². The van der Waals surface area contributed by atoms with Gasteiger partial charge in [-0.15, -0.1) is 0 Å². The van der Waals surface area contributed by atoms with E-state index in [4.69, 9.17) is 4.74 Å². The van der Waals surface area contributed by atoms with Gasteiger partial charge in [-0.3, -0.25) is 5.01 Å². The summed E-state index contributed by atoms with van der Waals surface area (Å²) in [5.74, 6) is 0.652. The van der Waals surface area contributed by atoms with Gasteiger partial charge in [-0.2, -0.15) is 5.10 Å². The highest BCUT2D eigenvalue weighted by Gasteiger charge is 2.19. The lowest BCUT2D eigenvalue weighted by Gasteiger charge is -2.30. The number of phenolic OH excluding ortho intramolecular Hbond substituents is 1. The molecule has 2 N–H and O–H groups in total. The lowest BCUT2D eigenvalue weighted by molar-refractivity contribution is -0.918. The van der Waals surface area contributed by atoms with E-state index in [1.54, 1.807) is 17.2 Å². The van der Waals surface area contributed by atoms with Crippen molar-refractivity contribution in [1.29, 1.82) is 0 Å². The molecule has 0 atom stereocenters. The average molecular weight is 391 g/mol. The van der Waals surface area contributed by atoms with Gasteiger partial charge in [0, 0.05) is 11.1 Å². The van der Waals surface area contributed by atoms with Crippen LogP contribution < -0.4 is 9.64 Å². The van der Waals surface area contributed by atoms with Crippen molar-refractivity contribution >= 4 is 17.0 Å². The summed E-state index contributed by atoms with van der Waals surface area (Å²) in [5, 5.41) is 19.6. The average Bonchev–Trinajstić information content (AvgIpc) is 2.76. The van der Waals surface area contributed by atoms with Crippen LogP contribution in [-0.4, -0.2) is 49.1 Å². The van der Waals surface area contributed by atoms with E-state index in [1.165, 1.54) is 16.3 Å². The van der Waals surface area contributed by atoms with Crippen molar-refractivity contribution in [2.45, 2.75) is 13.5 Å². The summed E-state index contributed by atoms with van der Waals surface area (Å²) in [5.41, 5.74) is 2.09. The fourth-order valence-electron chi connectivity index (χ4n) is 3.88. The number of para-hydroxylation sites is 1. The molecule has 0 aliphatic carbocycles. The number of hydrogen-bond acceptors (Lipinski definition) is 4. The van der Waals surface area contributed by atoms with Crippen LogP contribution in [0.4, 0.5) is 0 Å². The number of benzene rings is 3. The number of piperazine rings is 1. The fourth-order valence-corrected chi connectivity index (χ4v) is 3.88. The number of aromatic hydroxyl groups is 1. The normalized spacial score (nSPS) is 15.3. The molecule has 0 amide bonds. The van der Waals surface area contributed by atoms with E-state index in [1.807, 2.05) is 19.1 Å².